The minimum absolute atomic E-state index is 0.256. The Morgan fingerprint density at radius 3 is 1.47 bits per heavy atom. The van der Waals surface area contributed by atoms with Crippen LogP contribution in [-0.2, 0) is 24.3 Å². The summed E-state index contributed by atoms with van der Waals surface area (Å²) < 4.78 is 152. The summed E-state index contributed by atoms with van der Waals surface area (Å²) in [5.41, 5.74) is 2.50. The molecule has 15 nitrogen and oxygen atoms in total. The van der Waals surface area contributed by atoms with E-state index in [0.29, 0.717) is 59.6 Å². The van der Waals surface area contributed by atoms with Gasteiger partial charge in [-0.05, 0) is 104 Å². The molecule has 0 saturated carbocycles. The van der Waals surface area contributed by atoms with Gasteiger partial charge in [0.15, 0.2) is 0 Å². The van der Waals surface area contributed by atoms with Gasteiger partial charge in [-0.25, -0.2) is 36.3 Å². The number of hydrogen-bond acceptors (Lipinski definition) is 11. The van der Waals surface area contributed by atoms with Gasteiger partial charge in [0.05, 0.1) is 33.2 Å². The fourth-order valence-electron chi connectivity index (χ4n) is 6.94. The number of Topliss-reactive ketones (excluding diaryl/α,β-unsaturated/α-hetero) is 2. The molecule has 1 atom stereocenters. The van der Waals surface area contributed by atoms with E-state index in [0.717, 1.165) is 31.2 Å². The number of para-hydroxylation sites is 4. The molecule has 0 aliphatic carbocycles. The lowest BCUT2D eigenvalue weighted by Gasteiger charge is -2.15. The predicted molar refractivity (Wildman–Crippen MR) is 242 cm³/mol. The van der Waals surface area contributed by atoms with Crippen molar-refractivity contribution in [3.05, 3.63) is 190 Å². The van der Waals surface area contributed by atoms with Gasteiger partial charge >= 0.3 is 10.1 Å². The van der Waals surface area contributed by atoms with Crippen LogP contribution in [0.4, 0.5) is 26.3 Å². The van der Waals surface area contributed by atoms with Crippen LogP contribution in [0.1, 0.15) is 50.4 Å². The molecular formula is C47H30F6N6O9S2. The predicted octanol–water partition coefficient (Wildman–Crippen LogP) is 8.73. The summed E-state index contributed by atoms with van der Waals surface area (Å²) >= 11 is 0. The highest BCUT2D eigenvalue weighted by molar-refractivity contribution is 7.90. The first kappa shape index (κ1) is 48.1. The Balaban J connectivity index is 1.13. The topological polar surface area (TPSA) is 248 Å². The zero-order valence-corrected chi connectivity index (χ0v) is 37.0. The SMILES string of the molecule is C[C@@H](OS(=O)(=O)c1cc(C(O)=C(C(=O)c2cc(F)ccc2F)c2nc3ccccc3[nH]2)ccc1F)C(N)=NS(=O)(=O)c1cc(C(O)=C(C(=O)c2cc(F)ccc2F)c2nc3ccccc3[nH]2)ccc1F. The van der Waals surface area contributed by atoms with Crippen molar-refractivity contribution in [3.8, 4) is 0 Å². The number of fused-ring (bicyclic) bond motifs is 2. The van der Waals surface area contributed by atoms with E-state index in [1.54, 1.807) is 24.3 Å². The first-order valence-corrected chi connectivity index (χ1v) is 22.9. The lowest BCUT2D eigenvalue weighted by Crippen LogP contribution is -2.32. The zero-order chi connectivity index (χ0) is 50.4. The molecule has 6 aromatic carbocycles. The lowest BCUT2D eigenvalue weighted by atomic mass is 9.98. The van der Waals surface area contributed by atoms with E-state index in [9.17, 15) is 54.2 Å². The summed E-state index contributed by atoms with van der Waals surface area (Å²) in [6.07, 6.45) is -2.09. The number of H-pyrrole nitrogens is 2. The van der Waals surface area contributed by atoms with Crippen molar-refractivity contribution >= 4 is 82.3 Å². The average molecular weight is 1000 g/mol. The highest BCUT2D eigenvalue weighted by Gasteiger charge is 2.32. The van der Waals surface area contributed by atoms with Gasteiger partial charge < -0.3 is 25.9 Å². The van der Waals surface area contributed by atoms with Crippen molar-refractivity contribution in [1.29, 1.82) is 0 Å². The number of amidine groups is 1. The molecule has 0 unspecified atom stereocenters. The molecule has 6 N–H and O–H groups in total. The number of rotatable bonds is 14. The van der Waals surface area contributed by atoms with Crippen molar-refractivity contribution in [2.24, 2.45) is 10.1 Å². The summed E-state index contributed by atoms with van der Waals surface area (Å²) in [4.78, 5) is 39.0. The molecule has 0 saturated heterocycles. The summed E-state index contributed by atoms with van der Waals surface area (Å²) in [6.45, 7) is 0.856. The quantitative estimate of drug-likeness (QED) is 0.0131. The number of carbonyl (C=O) groups is 2. The Hall–Kier alpha value is -8.41. The van der Waals surface area contributed by atoms with E-state index in [1.165, 1.54) is 24.3 Å². The van der Waals surface area contributed by atoms with Crippen LogP contribution in [0.2, 0.25) is 0 Å². The summed E-state index contributed by atoms with van der Waals surface area (Å²) in [6, 6.07) is 20.1. The van der Waals surface area contributed by atoms with E-state index >= 15 is 8.78 Å². The van der Waals surface area contributed by atoms with Gasteiger partial charge in [-0.15, -0.1) is 4.40 Å². The third-order valence-corrected chi connectivity index (χ3v) is 13.1. The smallest absolute Gasteiger partial charge is 0.300 e. The molecular weight excluding hydrogens is 971 g/mol. The zero-order valence-electron chi connectivity index (χ0n) is 35.4. The van der Waals surface area contributed by atoms with Crippen LogP contribution in [0.25, 0.3) is 44.7 Å². The molecule has 356 valence electrons. The first-order chi connectivity index (χ1) is 33.1. The number of hydrogen-bond donors (Lipinski definition) is 5. The molecule has 0 bridgehead atoms. The Morgan fingerprint density at radius 1 is 0.600 bits per heavy atom. The van der Waals surface area contributed by atoms with Crippen LogP contribution >= 0.6 is 0 Å². The van der Waals surface area contributed by atoms with Gasteiger partial charge in [-0.3, -0.25) is 13.8 Å². The number of carbonyl (C=O) groups excluding carboxylic acids is 2. The van der Waals surface area contributed by atoms with Crippen molar-refractivity contribution in [2.75, 3.05) is 0 Å². The number of imidazole rings is 2. The second kappa shape index (κ2) is 18.6. The fourth-order valence-corrected chi connectivity index (χ4v) is 9.22. The maximum absolute atomic E-state index is 15.4. The fraction of sp³-hybridized carbons (Fsp3) is 0.0426. The minimum atomic E-state index is -5.40. The molecule has 70 heavy (non-hydrogen) atoms. The van der Waals surface area contributed by atoms with Crippen LogP contribution in [0.15, 0.2) is 136 Å². The van der Waals surface area contributed by atoms with Crippen LogP contribution in [-0.4, -0.2) is 70.5 Å². The summed E-state index contributed by atoms with van der Waals surface area (Å²) in [7, 11) is -10.8. The molecule has 0 radical (unpaired) electrons. The van der Waals surface area contributed by atoms with Crippen molar-refractivity contribution in [2.45, 2.75) is 22.8 Å². The highest BCUT2D eigenvalue weighted by Crippen LogP contribution is 2.34. The number of aliphatic hydroxyl groups is 2. The van der Waals surface area contributed by atoms with Crippen LogP contribution in [0, 0.1) is 34.9 Å². The Kier molecular flexibility index (Phi) is 12.8. The third-order valence-electron chi connectivity index (χ3n) is 10.4. The van der Waals surface area contributed by atoms with E-state index in [2.05, 4.69) is 24.3 Å². The van der Waals surface area contributed by atoms with Crippen molar-refractivity contribution in [3.63, 3.8) is 0 Å². The van der Waals surface area contributed by atoms with E-state index in [1.807, 2.05) is 0 Å². The first-order valence-electron chi connectivity index (χ1n) is 20.0. The molecule has 0 aliphatic rings. The monoisotopic (exact) mass is 1000 g/mol. The van der Waals surface area contributed by atoms with Crippen molar-refractivity contribution < 1.29 is 67.2 Å². The summed E-state index contributed by atoms with van der Waals surface area (Å²) in [5.74, 6) is -14.3. The number of nitrogens with two attached hydrogens (primary N) is 1. The number of aliphatic hydroxyl groups excluding tert-OH is 2. The number of nitrogens with one attached hydrogen (secondary N) is 2. The molecule has 2 heterocycles. The number of halogens is 6. The Labute approximate surface area is 391 Å². The second-order valence-electron chi connectivity index (χ2n) is 15.0. The third kappa shape index (κ3) is 9.39. The standard InChI is InChI=1S/C47H30F6N6O9S2/c1-22(68-70(66,67)38-19-24(11-15-32(38)53)42(61)40(44(63)28-21-26(49)13-17-30(28)51)47-57-35-8-4-5-9-36(35)58-47)45(54)59-69(64,65)37-18-23(10-14-31(37)52)41(60)39(43(62)27-20-25(48)12-16-29(27)50)46-55-33-6-2-3-7-34(33)56-46/h2-22,60-61H,1H3,(H2,54,59)(H,55,56)(H,57,58)/t22-/m1/s1. The van der Waals surface area contributed by atoms with Crippen LogP contribution in [0.5, 0.6) is 0 Å². The molecule has 2 aromatic heterocycles. The number of nitrogens with zero attached hydrogens (tertiary/aromatic N) is 3. The molecule has 23 heteroatoms. The van der Waals surface area contributed by atoms with Crippen molar-refractivity contribution in [1.82, 2.24) is 19.9 Å². The summed E-state index contributed by atoms with van der Waals surface area (Å²) in [5, 5.41) is 23.1. The van der Waals surface area contributed by atoms with Gasteiger partial charge in [-0.1, -0.05) is 24.3 Å². The number of aromatic amines is 2. The largest absolute Gasteiger partial charge is 0.506 e. The Morgan fingerprint density at radius 2 is 1.01 bits per heavy atom. The average Bonchev–Trinajstić information content (AvgIpc) is 3.95. The molecule has 0 fully saturated rings. The van der Waals surface area contributed by atoms with Gasteiger partial charge in [0, 0.05) is 11.1 Å². The van der Waals surface area contributed by atoms with E-state index in [4.69, 9.17) is 9.92 Å². The van der Waals surface area contributed by atoms with Gasteiger partial charge in [0.25, 0.3) is 10.0 Å². The maximum atomic E-state index is 15.4. The minimum Gasteiger partial charge on any atom is -0.506 e. The van der Waals surface area contributed by atoms with E-state index in [-0.39, 0.29) is 22.7 Å². The Bertz CT molecular complexity index is 3750. The van der Waals surface area contributed by atoms with Gasteiger partial charge in [-0.2, -0.15) is 16.8 Å². The van der Waals surface area contributed by atoms with E-state index < -0.39 is 133 Å². The molecule has 0 spiro atoms. The highest BCUT2D eigenvalue weighted by atomic mass is 32.2. The molecule has 8 rings (SSSR count). The maximum Gasteiger partial charge on any atom is 0.300 e. The van der Waals surface area contributed by atoms with Gasteiger partial charge in [0.1, 0.15) is 90.9 Å². The number of ketones is 2. The normalized spacial score (nSPS) is 13.6. The lowest BCUT2D eigenvalue weighted by molar-refractivity contribution is 0.104. The van der Waals surface area contributed by atoms with Gasteiger partial charge in [0.2, 0.25) is 11.6 Å². The molecule has 0 amide bonds. The van der Waals surface area contributed by atoms with Crippen LogP contribution in [0.3, 0.4) is 0 Å². The molecule has 8 aromatic rings. The molecule has 0 aliphatic heterocycles. The number of sulfonamides is 1. The number of allylic oxidation sites excluding steroid dienone is 2. The van der Waals surface area contributed by atoms with Crippen LogP contribution < -0.4 is 5.73 Å². The number of benzene rings is 6. The number of aromatic nitrogens is 4. The second-order valence-corrected chi connectivity index (χ2v) is 18.1.